The third kappa shape index (κ3) is 2.70. The summed E-state index contributed by atoms with van der Waals surface area (Å²) in [4.78, 5) is 1.24. The normalized spacial score (nSPS) is 18.8. The van der Waals surface area contributed by atoms with Gasteiger partial charge in [-0.25, -0.2) is 0 Å². The zero-order chi connectivity index (χ0) is 14.4. The second-order valence-corrected chi connectivity index (χ2v) is 6.02. The molecule has 1 aromatic carbocycles. The van der Waals surface area contributed by atoms with E-state index < -0.39 is 5.54 Å². The van der Waals surface area contributed by atoms with Crippen LogP contribution in [0.2, 0.25) is 0 Å². The van der Waals surface area contributed by atoms with Crippen molar-refractivity contribution in [3.8, 4) is 6.07 Å². The van der Waals surface area contributed by atoms with Crippen molar-refractivity contribution in [2.75, 3.05) is 31.2 Å². The number of rotatable bonds is 5. The van der Waals surface area contributed by atoms with Crippen molar-refractivity contribution in [3.63, 3.8) is 0 Å². The van der Waals surface area contributed by atoms with Gasteiger partial charge in [0.05, 0.1) is 19.7 Å². The van der Waals surface area contributed by atoms with E-state index in [1.54, 1.807) is 0 Å². The molecule has 0 aliphatic carbocycles. The fourth-order valence-corrected chi connectivity index (χ4v) is 3.72. The van der Waals surface area contributed by atoms with Gasteiger partial charge >= 0.3 is 0 Å². The molecule has 1 N–H and O–H groups in total. The van der Waals surface area contributed by atoms with Gasteiger partial charge < -0.3 is 9.64 Å². The van der Waals surface area contributed by atoms with E-state index in [-0.39, 0.29) is 0 Å². The van der Waals surface area contributed by atoms with Crippen LogP contribution in [0.25, 0.3) is 0 Å². The summed E-state index contributed by atoms with van der Waals surface area (Å²) in [6.07, 6.45) is 0. The van der Waals surface area contributed by atoms with Gasteiger partial charge in [-0.3, -0.25) is 0 Å². The minimum absolute atomic E-state index is 0.539. The van der Waals surface area contributed by atoms with Crippen LogP contribution in [0.5, 0.6) is 0 Å². The van der Waals surface area contributed by atoms with E-state index in [1.807, 2.05) is 49.0 Å². The van der Waals surface area contributed by atoms with E-state index in [0.29, 0.717) is 12.4 Å². The molecule has 1 aliphatic rings. The average Bonchev–Trinajstić information content (AvgIpc) is 2.51. The van der Waals surface area contributed by atoms with Crippen molar-refractivity contribution in [1.29, 1.82) is 5.26 Å². The Morgan fingerprint density at radius 2 is 2.05 bits per heavy atom. The summed E-state index contributed by atoms with van der Waals surface area (Å²) < 4.78 is 5.66. The van der Waals surface area contributed by atoms with Gasteiger partial charge in [0.2, 0.25) is 0 Å². The van der Waals surface area contributed by atoms with Crippen LogP contribution < -0.4 is 4.90 Å². The molecule has 1 saturated heterocycles. The smallest absolute Gasteiger partial charge is 0.267 e. The van der Waals surface area contributed by atoms with Gasteiger partial charge in [0.25, 0.3) is 5.54 Å². The third-order valence-electron chi connectivity index (χ3n) is 3.74. The number of nitrogens with zero attached hydrogens (tertiary/aromatic N) is 1. The lowest BCUT2D eigenvalue weighted by Gasteiger charge is -2.38. The van der Waals surface area contributed by atoms with Crippen LogP contribution in [0, 0.1) is 11.3 Å². The fraction of sp³-hybridized carbons (Fsp3) is 0.438. The Morgan fingerprint density at radius 3 is 2.60 bits per heavy atom. The van der Waals surface area contributed by atoms with E-state index in [1.165, 1.54) is 4.90 Å². The van der Waals surface area contributed by atoms with E-state index in [9.17, 15) is 5.26 Å². The van der Waals surface area contributed by atoms with E-state index in [4.69, 9.17) is 4.74 Å². The number of nitriles is 1. The fourth-order valence-electron chi connectivity index (χ4n) is 2.73. The van der Waals surface area contributed by atoms with Gasteiger partial charge in [-0.1, -0.05) is 36.9 Å². The highest BCUT2D eigenvalue weighted by molar-refractivity contribution is 7.99. The summed E-state index contributed by atoms with van der Waals surface area (Å²) >= 11 is 1.94. The van der Waals surface area contributed by atoms with Crippen molar-refractivity contribution >= 4 is 11.8 Å². The molecule has 0 amide bonds. The predicted octanol–water partition coefficient (Wildman–Crippen LogP) is 1.59. The minimum atomic E-state index is -0.793. The predicted molar refractivity (Wildman–Crippen MR) is 82.5 cm³/mol. The molecular weight excluding hydrogens is 268 g/mol. The van der Waals surface area contributed by atoms with Crippen molar-refractivity contribution in [2.24, 2.45) is 0 Å². The van der Waals surface area contributed by atoms with Crippen LogP contribution >= 0.6 is 11.8 Å². The van der Waals surface area contributed by atoms with Crippen LogP contribution in [0.3, 0.4) is 0 Å². The first-order valence-corrected chi connectivity index (χ1v) is 8.13. The highest BCUT2D eigenvalue weighted by atomic mass is 32.2. The van der Waals surface area contributed by atoms with Gasteiger partial charge in [0, 0.05) is 17.1 Å². The topological polar surface area (TPSA) is 37.5 Å². The molecule has 0 radical (unpaired) electrons. The van der Waals surface area contributed by atoms with E-state index in [2.05, 4.69) is 12.6 Å². The lowest BCUT2D eigenvalue weighted by Crippen LogP contribution is -3.20. The summed E-state index contributed by atoms with van der Waals surface area (Å²) in [6, 6.07) is 12.4. The molecule has 1 aliphatic heterocycles. The van der Waals surface area contributed by atoms with Crippen molar-refractivity contribution < 1.29 is 9.64 Å². The SMILES string of the molecule is C=C(OCC)[C@@](C#N)(c1ccccc1)[NH+]1CCSCC1. The largest absolute Gasteiger partial charge is 0.491 e. The van der Waals surface area contributed by atoms with Crippen LogP contribution in [0.1, 0.15) is 12.5 Å². The number of nitrogens with one attached hydrogen (secondary N) is 1. The second kappa shape index (κ2) is 6.83. The Labute approximate surface area is 125 Å². The summed E-state index contributed by atoms with van der Waals surface area (Å²) in [6.45, 7) is 8.45. The Morgan fingerprint density at radius 1 is 1.40 bits per heavy atom. The number of hydrogen-bond donors (Lipinski definition) is 1. The first kappa shape index (κ1) is 15.0. The lowest BCUT2D eigenvalue weighted by molar-refractivity contribution is -0.943. The Bertz CT molecular complexity index is 491. The summed E-state index contributed by atoms with van der Waals surface area (Å²) in [5.74, 6) is 2.71. The van der Waals surface area contributed by atoms with Gasteiger partial charge in [0.15, 0.2) is 5.76 Å². The Balaban J connectivity index is 2.46. The maximum Gasteiger partial charge on any atom is 0.267 e. The molecule has 1 aromatic rings. The van der Waals surface area contributed by atoms with Crippen molar-refractivity contribution in [1.82, 2.24) is 0 Å². The van der Waals surface area contributed by atoms with Gasteiger partial charge in [-0.15, -0.1) is 0 Å². The molecule has 0 unspecified atom stereocenters. The van der Waals surface area contributed by atoms with E-state index >= 15 is 0 Å². The van der Waals surface area contributed by atoms with Gasteiger partial charge in [-0.2, -0.15) is 17.0 Å². The quantitative estimate of drug-likeness (QED) is 0.837. The van der Waals surface area contributed by atoms with Gasteiger partial charge in [-0.05, 0) is 6.92 Å². The molecular formula is C16H21N2OS+. The monoisotopic (exact) mass is 289 g/mol. The molecule has 1 fully saturated rings. The van der Waals surface area contributed by atoms with Crippen LogP contribution in [0.15, 0.2) is 42.7 Å². The molecule has 1 heterocycles. The second-order valence-electron chi connectivity index (χ2n) is 4.80. The Hall–Kier alpha value is -1.44. The van der Waals surface area contributed by atoms with E-state index in [0.717, 1.165) is 30.2 Å². The van der Waals surface area contributed by atoms with Gasteiger partial charge in [0.1, 0.15) is 6.07 Å². The van der Waals surface area contributed by atoms with Crippen LogP contribution in [-0.2, 0) is 10.3 Å². The molecule has 2 rings (SSSR count). The van der Waals surface area contributed by atoms with Crippen LogP contribution in [0.4, 0.5) is 0 Å². The lowest BCUT2D eigenvalue weighted by atomic mass is 9.87. The number of hydrogen-bond acceptors (Lipinski definition) is 3. The highest BCUT2D eigenvalue weighted by Crippen LogP contribution is 2.26. The Kier molecular flexibility index (Phi) is 5.11. The standard InChI is InChI=1S/C16H20N2OS/c1-3-19-14(2)16(13-17,15-7-5-4-6-8-15)18-9-11-20-12-10-18/h4-8H,2-3,9-12H2,1H3/p+1/t16-/m0/s1. The molecule has 1 atom stereocenters. The molecule has 3 nitrogen and oxygen atoms in total. The maximum absolute atomic E-state index is 9.96. The maximum atomic E-state index is 9.96. The van der Waals surface area contributed by atoms with Crippen molar-refractivity contribution in [3.05, 3.63) is 48.2 Å². The first-order valence-electron chi connectivity index (χ1n) is 6.97. The number of thioether (sulfide) groups is 1. The highest BCUT2D eigenvalue weighted by Gasteiger charge is 2.48. The summed E-state index contributed by atoms with van der Waals surface area (Å²) in [5, 5.41) is 9.96. The number of quaternary nitrogens is 1. The molecule has 20 heavy (non-hydrogen) atoms. The van der Waals surface area contributed by atoms with Crippen molar-refractivity contribution in [2.45, 2.75) is 12.5 Å². The summed E-state index contributed by atoms with van der Waals surface area (Å²) in [5.41, 5.74) is 0.181. The number of benzene rings is 1. The minimum Gasteiger partial charge on any atom is -0.491 e. The third-order valence-corrected chi connectivity index (χ3v) is 4.72. The molecule has 0 saturated carbocycles. The van der Waals surface area contributed by atoms with Crippen LogP contribution in [-0.4, -0.2) is 31.2 Å². The zero-order valence-corrected chi connectivity index (χ0v) is 12.7. The molecule has 106 valence electrons. The molecule has 0 aromatic heterocycles. The summed E-state index contributed by atoms with van der Waals surface area (Å²) in [7, 11) is 0. The number of ether oxygens (including phenoxy) is 1. The first-order chi connectivity index (χ1) is 9.75. The molecule has 0 bridgehead atoms. The zero-order valence-electron chi connectivity index (χ0n) is 11.9. The molecule has 0 spiro atoms. The average molecular weight is 289 g/mol. The molecule has 4 heteroatoms.